The molecule has 6 heteroatoms. The molecule has 6 nitrogen and oxygen atoms in total. The zero-order chi connectivity index (χ0) is 20.9. The zero-order valence-corrected chi connectivity index (χ0v) is 16.8. The fourth-order valence-electron chi connectivity index (χ4n) is 3.02. The molecule has 0 unspecified atom stereocenters. The van der Waals surface area contributed by atoms with E-state index in [0.717, 1.165) is 22.3 Å². The Hall–Kier alpha value is -3.93. The Morgan fingerprint density at radius 3 is 2.33 bits per heavy atom. The summed E-state index contributed by atoms with van der Waals surface area (Å²) in [7, 11) is 0. The number of aromatic nitrogens is 2. The monoisotopic (exact) mass is 399 g/mol. The highest BCUT2D eigenvalue weighted by atomic mass is 16.5. The lowest BCUT2D eigenvalue weighted by Crippen LogP contribution is -2.20. The van der Waals surface area contributed by atoms with Crippen LogP contribution in [0.2, 0.25) is 0 Å². The van der Waals surface area contributed by atoms with Gasteiger partial charge in [0.2, 0.25) is 11.8 Å². The van der Waals surface area contributed by atoms with Crippen LogP contribution in [0.15, 0.2) is 77.2 Å². The van der Waals surface area contributed by atoms with Gasteiger partial charge in [0.25, 0.3) is 5.91 Å². The van der Waals surface area contributed by atoms with Crippen molar-refractivity contribution < 1.29 is 13.9 Å². The highest BCUT2D eigenvalue weighted by Gasteiger charge is 2.12. The molecule has 0 saturated carbocycles. The van der Waals surface area contributed by atoms with Crippen molar-refractivity contribution in [2.24, 2.45) is 0 Å². The predicted octanol–water partition coefficient (Wildman–Crippen LogP) is 5.04. The topological polar surface area (TPSA) is 77.2 Å². The number of hydrogen-bond donors (Lipinski definition) is 1. The Bertz CT molecular complexity index is 1180. The van der Waals surface area contributed by atoms with Crippen molar-refractivity contribution in [2.45, 2.75) is 13.8 Å². The lowest BCUT2D eigenvalue weighted by molar-refractivity contribution is -0.118. The summed E-state index contributed by atoms with van der Waals surface area (Å²) in [5.74, 6) is 1.28. The van der Waals surface area contributed by atoms with E-state index in [1.165, 1.54) is 0 Å². The number of ether oxygens (including phenoxy) is 1. The molecule has 0 atom stereocenters. The molecule has 150 valence electrons. The number of aryl methyl sites for hydroxylation is 2. The third-order valence-electron chi connectivity index (χ3n) is 4.54. The maximum atomic E-state index is 12.3. The normalized spacial score (nSPS) is 10.6. The first-order valence-corrected chi connectivity index (χ1v) is 9.58. The molecule has 4 aromatic rings. The Kier molecular flexibility index (Phi) is 5.57. The molecule has 0 aliphatic heterocycles. The van der Waals surface area contributed by atoms with Gasteiger partial charge in [-0.15, -0.1) is 10.2 Å². The van der Waals surface area contributed by atoms with Crippen LogP contribution in [0, 0.1) is 13.8 Å². The van der Waals surface area contributed by atoms with Gasteiger partial charge in [0, 0.05) is 16.8 Å². The summed E-state index contributed by atoms with van der Waals surface area (Å²) in [6.07, 6.45) is 0. The summed E-state index contributed by atoms with van der Waals surface area (Å²) >= 11 is 0. The summed E-state index contributed by atoms with van der Waals surface area (Å²) in [5.41, 5.74) is 4.31. The number of carbonyl (C=O) groups is 1. The van der Waals surface area contributed by atoms with Crippen molar-refractivity contribution >= 4 is 11.6 Å². The SMILES string of the molecule is Cc1cccc(-c2nnc(-c3cccc(NC(=O)COc4ccccc4C)c3)o2)c1. The van der Waals surface area contributed by atoms with E-state index >= 15 is 0 Å². The molecule has 1 heterocycles. The molecule has 0 aliphatic carbocycles. The second-order valence-corrected chi connectivity index (χ2v) is 6.96. The number of benzene rings is 3. The zero-order valence-electron chi connectivity index (χ0n) is 16.8. The predicted molar refractivity (Wildman–Crippen MR) is 115 cm³/mol. The second-order valence-electron chi connectivity index (χ2n) is 6.96. The van der Waals surface area contributed by atoms with E-state index < -0.39 is 0 Å². The first kappa shape index (κ1) is 19.4. The minimum atomic E-state index is -0.249. The van der Waals surface area contributed by atoms with Crippen LogP contribution in [0.3, 0.4) is 0 Å². The summed E-state index contributed by atoms with van der Waals surface area (Å²) in [6, 6.07) is 22.7. The molecule has 0 radical (unpaired) electrons. The van der Waals surface area contributed by atoms with Gasteiger partial charge in [-0.05, 0) is 55.8 Å². The lowest BCUT2D eigenvalue weighted by atomic mass is 10.1. The van der Waals surface area contributed by atoms with Crippen molar-refractivity contribution in [2.75, 3.05) is 11.9 Å². The molecule has 4 rings (SSSR count). The summed E-state index contributed by atoms with van der Waals surface area (Å²) in [4.78, 5) is 12.3. The number of rotatable bonds is 6. The minimum absolute atomic E-state index is 0.0762. The van der Waals surface area contributed by atoms with Crippen molar-refractivity contribution in [3.05, 3.63) is 83.9 Å². The lowest BCUT2D eigenvalue weighted by Gasteiger charge is -2.09. The largest absolute Gasteiger partial charge is 0.483 e. The van der Waals surface area contributed by atoms with E-state index in [1.807, 2.05) is 74.5 Å². The molecule has 1 amide bonds. The van der Waals surface area contributed by atoms with E-state index in [1.54, 1.807) is 12.1 Å². The van der Waals surface area contributed by atoms with Crippen LogP contribution in [-0.4, -0.2) is 22.7 Å². The van der Waals surface area contributed by atoms with Gasteiger partial charge >= 0.3 is 0 Å². The van der Waals surface area contributed by atoms with Crippen molar-refractivity contribution in [1.29, 1.82) is 0 Å². The number of nitrogens with zero attached hydrogens (tertiary/aromatic N) is 2. The van der Waals surface area contributed by atoms with Gasteiger partial charge in [-0.1, -0.05) is 42.0 Å². The average Bonchev–Trinajstić information content (AvgIpc) is 3.24. The number of amides is 1. The fraction of sp³-hybridized carbons (Fsp3) is 0.125. The van der Waals surface area contributed by atoms with Crippen LogP contribution >= 0.6 is 0 Å². The standard InChI is InChI=1S/C24H21N3O3/c1-16-7-5-9-18(13-16)23-26-27-24(30-23)19-10-6-11-20(14-19)25-22(28)15-29-21-12-4-3-8-17(21)2/h3-14H,15H2,1-2H3,(H,25,28). The van der Waals surface area contributed by atoms with Crippen LogP contribution in [0.5, 0.6) is 5.75 Å². The maximum absolute atomic E-state index is 12.3. The molecule has 0 saturated heterocycles. The Labute approximate surface area is 174 Å². The molecular weight excluding hydrogens is 378 g/mol. The number of carbonyl (C=O) groups excluding carboxylic acids is 1. The number of hydrogen-bond acceptors (Lipinski definition) is 5. The van der Waals surface area contributed by atoms with Crippen LogP contribution in [0.4, 0.5) is 5.69 Å². The summed E-state index contributed by atoms with van der Waals surface area (Å²) in [6.45, 7) is 3.87. The molecule has 0 bridgehead atoms. The molecule has 0 fully saturated rings. The molecular formula is C24H21N3O3. The molecule has 0 spiro atoms. The summed E-state index contributed by atoms with van der Waals surface area (Å²) in [5, 5.41) is 11.1. The Morgan fingerprint density at radius 2 is 1.60 bits per heavy atom. The van der Waals surface area contributed by atoms with E-state index in [9.17, 15) is 4.79 Å². The maximum Gasteiger partial charge on any atom is 0.262 e. The van der Waals surface area contributed by atoms with Crippen LogP contribution in [-0.2, 0) is 4.79 Å². The van der Waals surface area contributed by atoms with Gasteiger partial charge in [-0.25, -0.2) is 0 Å². The van der Waals surface area contributed by atoms with E-state index in [2.05, 4.69) is 15.5 Å². The second kappa shape index (κ2) is 8.61. The quantitative estimate of drug-likeness (QED) is 0.492. The van der Waals surface area contributed by atoms with Crippen LogP contribution < -0.4 is 10.1 Å². The van der Waals surface area contributed by atoms with Gasteiger partial charge in [0.15, 0.2) is 6.61 Å². The molecule has 1 N–H and O–H groups in total. The molecule has 3 aromatic carbocycles. The highest BCUT2D eigenvalue weighted by Crippen LogP contribution is 2.26. The first-order chi connectivity index (χ1) is 14.6. The van der Waals surface area contributed by atoms with Crippen LogP contribution in [0.1, 0.15) is 11.1 Å². The van der Waals surface area contributed by atoms with Gasteiger partial charge in [0.1, 0.15) is 5.75 Å². The van der Waals surface area contributed by atoms with Crippen molar-refractivity contribution in [1.82, 2.24) is 10.2 Å². The number of anilines is 1. The highest BCUT2D eigenvalue weighted by molar-refractivity contribution is 5.92. The average molecular weight is 399 g/mol. The molecule has 0 aliphatic rings. The summed E-state index contributed by atoms with van der Waals surface area (Å²) < 4.78 is 11.4. The Balaban J connectivity index is 1.44. The minimum Gasteiger partial charge on any atom is -0.483 e. The first-order valence-electron chi connectivity index (χ1n) is 9.58. The van der Waals surface area contributed by atoms with Crippen molar-refractivity contribution in [3.8, 4) is 28.7 Å². The van der Waals surface area contributed by atoms with Gasteiger partial charge in [-0.3, -0.25) is 4.79 Å². The van der Waals surface area contributed by atoms with Gasteiger partial charge < -0.3 is 14.5 Å². The van der Waals surface area contributed by atoms with E-state index in [0.29, 0.717) is 23.2 Å². The van der Waals surface area contributed by atoms with Gasteiger partial charge in [-0.2, -0.15) is 0 Å². The Morgan fingerprint density at radius 1 is 0.900 bits per heavy atom. The van der Waals surface area contributed by atoms with Gasteiger partial charge in [0.05, 0.1) is 0 Å². The number of para-hydroxylation sites is 1. The van der Waals surface area contributed by atoms with E-state index in [-0.39, 0.29) is 12.5 Å². The molecule has 1 aromatic heterocycles. The van der Waals surface area contributed by atoms with Crippen LogP contribution in [0.25, 0.3) is 22.9 Å². The molecule has 30 heavy (non-hydrogen) atoms. The third-order valence-corrected chi connectivity index (χ3v) is 4.54. The smallest absolute Gasteiger partial charge is 0.262 e. The van der Waals surface area contributed by atoms with Crippen molar-refractivity contribution in [3.63, 3.8) is 0 Å². The number of nitrogens with one attached hydrogen (secondary N) is 1. The fourth-order valence-corrected chi connectivity index (χ4v) is 3.02. The third kappa shape index (κ3) is 4.55. The van der Waals surface area contributed by atoms with E-state index in [4.69, 9.17) is 9.15 Å².